The summed E-state index contributed by atoms with van der Waals surface area (Å²) in [5, 5.41) is 11.9. The molecule has 1 fully saturated rings. The van der Waals surface area contributed by atoms with Gasteiger partial charge in [0.05, 0.1) is 0 Å². The molecule has 1 saturated heterocycles. The Morgan fingerprint density at radius 2 is 2.00 bits per heavy atom. The molecule has 3 rings (SSSR count). The van der Waals surface area contributed by atoms with Crippen molar-refractivity contribution >= 4 is 29.5 Å². The van der Waals surface area contributed by atoms with E-state index in [0.717, 1.165) is 6.42 Å². The molecule has 2 N–H and O–H groups in total. The van der Waals surface area contributed by atoms with E-state index in [1.165, 1.54) is 16.0 Å². The monoisotopic (exact) mass is 390 g/mol. The maximum Gasteiger partial charge on any atom is 0.303 e. The highest BCUT2D eigenvalue weighted by molar-refractivity contribution is 7.98. The summed E-state index contributed by atoms with van der Waals surface area (Å²) in [7, 11) is 0. The Labute approximate surface area is 163 Å². The Morgan fingerprint density at radius 1 is 1.22 bits per heavy atom. The maximum absolute atomic E-state index is 12.7. The first-order chi connectivity index (χ1) is 12.9. The van der Waals surface area contributed by atoms with Gasteiger partial charge >= 0.3 is 5.97 Å². The third-order valence-corrected chi connectivity index (χ3v) is 6.37. The van der Waals surface area contributed by atoms with E-state index < -0.39 is 11.5 Å². The van der Waals surface area contributed by atoms with Crippen LogP contribution in [0.5, 0.6) is 0 Å². The van der Waals surface area contributed by atoms with Crippen LogP contribution >= 0.6 is 11.8 Å². The lowest BCUT2D eigenvalue weighted by Crippen LogP contribution is -2.44. The van der Waals surface area contributed by atoms with Gasteiger partial charge in [-0.05, 0) is 55.2 Å². The SMILES string of the molecule is CSc1ccc2c(c1)CCN(C(=O)CCC1(CCC(=O)O)CCC(=O)N1)C2. The number of aliphatic carboxylic acids is 1. The van der Waals surface area contributed by atoms with Crippen LogP contribution in [0.2, 0.25) is 0 Å². The largest absolute Gasteiger partial charge is 0.481 e. The molecule has 2 heterocycles. The highest BCUT2D eigenvalue weighted by atomic mass is 32.2. The third-order valence-electron chi connectivity index (χ3n) is 5.65. The number of carboxylic acids is 1. The van der Waals surface area contributed by atoms with Crippen LogP contribution in [0.1, 0.15) is 49.7 Å². The number of carboxylic acid groups (broad SMARTS) is 1. The molecule has 0 aliphatic carbocycles. The lowest BCUT2D eigenvalue weighted by Gasteiger charge is -2.32. The Kier molecular flexibility index (Phi) is 6.09. The molecular formula is C20H26N2O4S. The van der Waals surface area contributed by atoms with Gasteiger partial charge in [-0.15, -0.1) is 11.8 Å². The van der Waals surface area contributed by atoms with Crippen molar-refractivity contribution in [3.05, 3.63) is 29.3 Å². The number of fused-ring (bicyclic) bond motifs is 1. The molecule has 6 nitrogen and oxygen atoms in total. The minimum Gasteiger partial charge on any atom is -0.481 e. The summed E-state index contributed by atoms with van der Waals surface area (Å²) >= 11 is 1.72. The fourth-order valence-corrected chi connectivity index (χ4v) is 4.46. The fourth-order valence-electron chi connectivity index (χ4n) is 3.99. The second kappa shape index (κ2) is 8.33. The molecule has 2 aliphatic rings. The zero-order valence-electron chi connectivity index (χ0n) is 15.6. The number of benzene rings is 1. The first-order valence-corrected chi connectivity index (χ1v) is 10.6. The number of thioether (sulfide) groups is 1. The van der Waals surface area contributed by atoms with Gasteiger partial charge < -0.3 is 15.3 Å². The highest BCUT2D eigenvalue weighted by Gasteiger charge is 2.38. The summed E-state index contributed by atoms with van der Waals surface area (Å²) in [6, 6.07) is 6.40. The van der Waals surface area contributed by atoms with E-state index in [1.807, 2.05) is 4.90 Å². The Hall–Kier alpha value is -2.02. The average molecular weight is 391 g/mol. The fraction of sp³-hybridized carbons (Fsp3) is 0.550. The summed E-state index contributed by atoms with van der Waals surface area (Å²) in [6.07, 6.45) is 5.14. The number of rotatable bonds is 7. The van der Waals surface area contributed by atoms with Gasteiger partial charge in [0.2, 0.25) is 11.8 Å². The van der Waals surface area contributed by atoms with Gasteiger partial charge in [-0.2, -0.15) is 0 Å². The van der Waals surface area contributed by atoms with Crippen molar-refractivity contribution in [1.29, 1.82) is 0 Å². The number of carbonyl (C=O) groups excluding carboxylic acids is 2. The lowest BCUT2D eigenvalue weighted by atomic mass is 9.86. The Balaban J connectivity index is 1.59. The molecule has 0 spiro atoms. The van der Waals surface area contributed by atoms with Crippen LogP contribution in [-0.4, -0.2) is 46.1 Å². The molecule has 0 radical (unpaired) electrons. The normalized spacial score (nSPS) is 21.7. The second-order valence-electron chi connectivity index (χ2n) is 7.42. The van der Waals surface area contributed by atoms with Crippen LogP contribution in [0.3, 0.4) is 0 Å². The molecular weight excluding hydrogens is 364 g/mol. The van der Waals surface area contributed by atoms with E-state index in [9.17, 15) is 14.4 Å². The molecule has 27 heavy (non-hydrogen) atoms. The van der Waals surface area contributed by atoms with Gasteiger partial charge in [-0.25, -0.2) is 0 Å². The molecule has 0 bridgehead atoms. The van der Waals surface area contributed by atoms with Crippen LogP contribution in [0, 0.1) is 0 Å². The van der Waals surface area contributed by atoms with E-state index in [4.69, 9.17) is 5.11 Å². The molecule has 2 aliphatic heterocycles. The maximum atomic E-state index is 12.7. The van der Waals surface area contributed by atoms with Gasteiger partial charge in [0.25, 0.3) is 0 Å². The van der Waals surface area contributed by atoms with E-state index in [0.29, 0.717) is 45.2 Å². The van der Waals surface area contributed by atoms with Crippen LogP contribution in [0.4, 0.5) is 0 Å². The summed E-state index contributed by atoms with van der Waals surface area (Å²) in [5.41, 5.74) is 1.96. The molecule has 0 saturated carbocycles. The number of nitrogens with one attached hydrogen (secondary N) is 1. The number of nitrogens with zero attached hydrogens (tertiary/aromatic N) is 1. The van der Waals surface area contributed by atoms with Crippen molar-refractivity contribution in [2.75, 3.05) is 12.8 Å². The van der Waals surface area contributed by atoms with Crippen molar-refractivity contribution in [2.45, 2.75) is 61.9 Å². The van der Waals surface area contributed by atoms with Crippen molar-refractivity contribution in [3.8, 4) is 0 Å². The first kappa shape index (κ1) is 19.7. The predicted octanol–water partition coefficient (Wildman–Crippen LogP) is 2.59. The Bertz CT molecular complexity index is 751. The van der Waals surface area contributed by atoms with Crippen LogP contribution < -0.4 is 5.32 Å². The zero-order chi connectivity index (χ0) is 19.4. The van der Waals surface area contributed by atoms with Crippen molar-refractivity contribution in [1.82, 2.24) is 10.2 Å². The molecule has 1 aromatic rings. The van der Waals surface area contributed by atoms with Gasteiger partial charge in [0, 0.05) is 42.8 Å². The average Bonchev–Trinajstić information content (AvgIpc) is 3.05. The smallest absolute Gasteiger partial charge is 0.303 e. The number of amides is 2. The van der Waals surface area contributed by atoms with Crippen LogP contribution in [-0.2, 0) is 27.3 Å². The molecule has 1 atom stereocenters. The van der Waals surface area contributed by atoms with Crippen molar-refractivity contribution < 1.29 is 19.5 Å². The minimum atomic E-state index is -0.876. The van der Waals surface area contributed by atoms with Crippen molar-refractivity contribution in [3.63, 3.8) is 0 Å². The highest BCUT2D eigenvalue weighted by Crippen LogP contribution is 2.31. The quantitative estimate of drug-likeness (QED) is 0.699. The third kappa shape index (κ3) is 4.83. The predicted molar refractivity (Wildman–Crippen MR) is 104 cm³/mol. The van der Waals surface area contributed by atoms with Gasteiger partial charge in [0.1, 0.15) is 0 Å². The molecule has 146 valence electrons. The number of hydrogen-bond donors (Lipinski definition) is 2. The second-order valence-corrected chi connectivity index (χ2v) is 8.30. The standard InChI is InChI=1S/C20H26N2O4S/c1-27-16-3-2-15-13-22(11-7-14(15)12-16)18(24)5-9-20(10-6-19(25)26)8-4-17(23)21-20/h2-3,12H,4-11,13H2,1H3,(H,21,23)(H,25,26). The van der Waals surface area contributed by atoms with E-state index in [1.54, 1.807) is 11.8 Å². The molecule has 7 heteroatoms. The summed E-state index contributed by atoms with van der Waals surface area (Å²) in [5.74, 6) is -0.853. The number of carbonyl (C=O) groups is 3. The van der Waals surface area contributed by atoms with E-state index in [2.05, 4.69) is 29.8 Å². The summed E-state index contributed by atoms with van der Waals surface area (Å²) in [4.78, 5) is 38.5. The summed E-state index contributed by atoms with van der Waals surface area (Å²) < 4.78 is 0. The van der Waals surface area contributed by atoms with Crippen LogP contribution in [0.25, 0.3) is 0 Å². The minimum absolute atomic E-state index is 0.00331. The van der Waals surface area contributed by atoms with E-state index in [-0.39, 0.29) is 18.2 Å². The number of hydrogen-bond acceptors (Lipinski definition) is 4. The van der Waals surface area contributed by atoms with E-state index >= 15 is 0 Å². The van der Waals surface area contributed by atoms with Gasteiger partial charge in [0.15, 0.2) is 0 Å². The zero-order valence-corrected chi connectivity index (χ0v) is 16.4. The lowest BCUT2D eigenvalue weighted by molar-refractivity contribution is -0.137. The molecule has 1 aromatic carbocycles. The summed E-state index contributed by atoms with van der Waals surface area (Å²) in [6.45, 7) is 1.33. The Morgan fingerprint density at radius 3 is 2.67 bits per heavy atom. The first-order valence-electron chi connectivity index (χ1n) is 9.37. The van der Waals surface area contributed by atoms with Crippen molar-refractivity contribution in [2.24, 2.45) is 0 Å². The molecule has 0 aromatic heterocycles. The topological polar surface area (TPSA) is 86.7 Å². The molecule has 1 unspecified atom stereocenters. The van der Waals surface area contributed by atoms with Gasteiger partial charge in [-0.3, -0.25) is 14.4 Å². The molecule has 2 amide bonds. The van der Waals surface area contributed by atoms with Gasteiger partial charge in [-0.1, -0.05) is 6.07 Å². The van der Waals surface area contributed by atoms with Crippen LogP contribution in [0.15, 0.2) is 23.1 Å².